The first-order valence-corrected chi connectivity index (χ1v) is 13.9. The van der Waals surface area contributed by atoms with E-state index >= 15 is 0 Å². The van der Waals surface area contributed by atoms with Gasteiger partial charge in [-0.2, -0.15) is 13.2 Å². The predicted octanol–water partition coefficient (Wildman–Crippen LogP) is 4.41. The number of rotatable bonds is 8. The second-order valence-electron chi connectivity index (χ2n) is 11.2. The van der Waals surface area contributed by atoms with Crippen molar-refractivity contribution in [3.05, 3.63) is 29.8 Å². The standard InChI is InChI=1S/C25H36F3N3O5S/c1-15(2)21-18-10-11-19(29-12-7-13-30(23(33)34)24(3,4)5)20(18)22(32)31(21)37(35,36)17-9-6-8-16(14-17)25(26,27)28/h6,8-9,14-15,18-21,29H,7,10-13H2,1-5H3,(H,33,34)/t18-,19-,20+,21+/m0/s1. The number of carbonyl (C=O) groups excluding carboxylic acids is 1. The summed E-state index contributed by atoms with van der Waals surface area (Å²) in [5.74, 6) is -1.70. The second-order valence-corrected chi connectivity index (χ2v) is 13.0. The number of carboxylic acid groups (broad SMARTS) is 1. The van der Waals surface area contributed by atoms with Crippen LogP contribution in [0, 0.1) is 17.8 Å². The first kappa shape index (κ1) is 29.2. The predicted molar refractivity (Wildman–Crippen MR) is 131 cm³/mol. The first-order chi connectivity index (χ1) is 17.0. The van der Waals surface area contributed by atoms with Gasteiger partial charge in [-0.05, 0) is 76.6 Å². The Labute approximate surface area is 216 Å². The Bertz CT molecular complexity index is 1120. The lowest BCUT2D eigenvalue weighted by Gasteiger charge is -2.33. The van der Waals surface area contributed by atoms with Gasteiger partial charge in [-0.15, -0.1) is 0 Å². The zero-order chi connectivity index (χ0) is 27.9. The van der Waals surface area contributed by atoms with E-state index < -0.39 is 56.2 Å². The van der Waals surface area contributed by atoms with E-state index in [0.717, 1.165) is 22.5 Å². The third kappa shape index (κ3) is 5.89. The van der Waals surface area contributed by atoms with Crippen molar-refractivity contribution >= 4 is 22.0 Å². The van der Waals surface area contributed by atoms with Gasteiger partial charge in [0.1, 0.15) is 0 Å². The number of hydrogen-bond acceptors (Lipinski definition) is 5. The number of halogens is 3. The lowest BCUT2D eigenvalue weighted by Crippen LogP contribution is -2.47. The average Bonchev–Trinajstić information content (AvgIpc) is 3.30. The molecule has 12 heteroatoms. The van der Waals surface area contributed by atoms with Crippen LogP contribution in [0.1, 0.15) is 59.4 Å². The van der Waals surface area contributed by atoms with Crippen molar-refractivity contribution in [2.24, 2.45) is 17.8 Å². The number of carbonyl (C=O) groups is 2. The molecule has 1 saturated carbocycles. The SMILES string of the molecule is CC(C)[C@@H]1[C@H]2CC[C@H](NCCCN(C(=O)O)C(C)(C)C)[C@@H]2C(=O)N1S(=O)(=O)c1cccc(C(F)(F)F)c1. The van der Waals surface area contributed by atoms with Crippen molar-refractivity contribution in [3.63, 3.8) is 0 Å². The molecule has 1 heterocycles. The molecule has 1 saturated heterocycles. The molecule has 2 aliphatic rings. The minimum absolute atomic E-state index is 0.228. The quantitative estimate of drug-likeness (QED) is 0.467. The summed E-state index contributed by atoms with van der Waals surface area (Å²) in [4.78, 5) is 25.9. The fraction of sp³-hybridized carbons (Fsp3) is 0.680. The molecule has 1 aliphatic heterocycles. The van der Waals surface area contributed by atoms with E-state index in [2.05, 4.69) is 5.32 Å². The Balaban J connectivity index is 1.79. The summed E-state index contributed by atoms with van der Waals surface area (Å²) >= 11 is 0. The third-order valence-electron chi connectivity index (χ3n) is 7.32. The molecule has 1 aromatic rings. The highest BCUT2D eigenvalue weighted by Crippen LogP contribution is 2.48. The van der Waals surface area contributed by atoms with Gasteiger partial charge in [0.2, 0.25) is 5.91 Å². The summed E-state index contributed by atoms with van der Waals surface area (Å²) in [5, 5.41) is 12.8. The van der Waals surface area contributed by atoms with Crippen LogP contribution < -0.4 is 5.32 Å². The molecule has 8 nitrogen and oxygen atoms in total. The molecule has 208 valence electrons. The fourth-order valence-corrected chi connectivity index (χ4v) is 7.53. The number of nitrogens with zero attached hydrogens (tertiary/aromatic N) is 2. The van der Waals surface area contributed by atoms with Gasteiger partial charge in [0.25, 0.3) is 10.0 Å². The summed E-state index contributed by atoms with van der Waals surface area (Å²) in [5.41, 5.74) is -1.65. The molecule has 2 amide bonds. The van der Waals surface area contributed by atoms with Crippen LogP contribution in [-0.2, 0) is 21.0 Å². The maximum atomic E-state index is 13.6. The van der Waals surface area contributed by atoms with Crippen LogP contribution in [-0.4, -0.2) is 65.4 Å². The molecule has 0 bridgehead atoms. The van der Waals surface area contributed by atoms with Crippen LogP contribution in [0.5, 0.6) is 0 Å². The number of hydrogen-bond donors (Lipinski definition) is 2. The van der Waals surface area contributed by atoms with Gasteiger partial charge < -0.3 is 15.3 Å². The van der Waals surface area contributed by atoms with Gasteiger partial charge in [-0.1, -0.05) is 19.9 Å². The Morgan fingerprint density at radius 2 is 1.86 bits per heavy atom. The summed E-state index contributed by atoms with van der Waals surface area (Å²) < 4.78 is 67.6. The molecule has 3 rings (SSSR count). The van der Waals surface area contributed by atoms with E-state index in [-0.39, 0.29) is 17.9 Å². The van der Waals surface area contributed by atoms with E-state index in [4.69, 9.17) is 0 Å². The Morgan fingerprint density at radius 1 is 1.22 bits per heavy atom. The number of nitrogens with one attached hydrogen (secondary N) is 1. The summed E-state index contributed by atoms with van der Waals surface area (Å²) in [6.45, 7) is 9.76. The van der Waals surface area contributed by atoms with Crippen LogP contribution >= 0.6 is 0 Å². The van der Waals surface area contributed by atoms with Crippen LogP contribution in [0.25, 0.3) is 0 Å². The molecule has 1 aliphatic carbocycles. The van der Waals surface area contributed by atoms with Gasteiger partial charge >= 0.3 is 12.3 Å². The maximum absolute atomic E-state index is 13.6. The van der Waals surface area contributed by atoms with Gasteiger partial charge in [0.05, 0.1) is 22.4 Å². The zero-order valence-electron chi connectivity index (χ0n) is 21.7. The lowest BCUT2D eigenvalue weighted by molar-refractivity contribution is -0.137. The number of amides is 2. The molecular formula is C25H36F3N3O5S. The minimum Gasteiger partial charge on any atom is -0.465 e. The molecule has 0 radical (unpaired) electrons. The Hall–Kier alpha value is -2.34. The zero-order valence-corrected chi connectivity index (χ0v) is 22.6. The molecule has 2 fully saturated rings. The first-order valence-electron chi connectivity index (χ1n) is 12.5. The molecule has 1 aromatic carbocycles. The Kier molecular flexibility index (Phi) is 8.24. The number of benzene rings is 1. The van der Waals surface area contributed by atoms with Crippen molar-refractivity contribution in [1.82, 2.24) is 14.5 Å². The van der Waals surface area contributed by atoms with Crippen molar-refractivity contribution in [2.45, 2.75) is 82.6 Å². The summed E-state index contributed by atoms with van der Waals surface area (Å²) in [6, 6.07) is 2.53. The molecule has 0 spiro atoms. The van der Waals surface area contributed by atoms with Gasteiger partial charge in [-0.3, -0.25) is 4.79 Å². The highest BCUT2D eigenvalue weighted by Gasteiger charge is 2.58. The number of sulfonamides is 1. The van der Waals surface area contributed by atoms with Crippen molar-refractivity contribution < 1.29 is 36.3 Å². The average molecular weight is 548 g/mol. The van der Waals surface area contributed by atoms with Crippen molar-refractivity contribution in [1.29, 1.82) is 0 Å². The van der Waals surface area contributed by atoms with Crippen LogP contribution in [0.15, 0.2) is 29.2 Å². The van der Waals surface area contributed by atoms with E-state index in [1.807, 2.05) is 13.8 Å². The van der Waals surface area contributed by atoms with Crippen LogP contribution in [0.4, 0.5) is 18.0 Å². The lowest BCUT2D eigenvalue weighted by atomic mass is 9.86. The van der Waals surface area contributed by atoms with E-state index in [0.29, 0.717) is 38.4 Å². The largest absolute Gasteiger partial charge is 0.465 e. The molecule has 4 atom stereocenters. The fourth-order valence-electron chi connectivity index (χ4n) is 5.70. The minimum atomic E-state index is -4.72. The van der Waals surface area contributed by atoms with Gasteiger partial charge in [0, 0.05) is 18.1 Å². The van der Waals surface area contributed by atoms with E-state index in [1.165, 1.54) is 4.90 Å². The van der Waals surface area contributed by atoms with Crippen molar-refractivity contribution in [2.75, 3.05) is 13.1 Å². The highest BCUT2D eigenvalue weighted by molar-refractivity contribution is 7.89. The molecule has 0 unspecified atom stereocenters. The third-order valence-corrected chi connectivity index (χ3v) is 9.12. The maximum Gasteiger partial charge on any atom is 0.416 e. The van der Waals surface area contributed by atoms with Crippen LogP contribution in [0.2, 0.25) is 0 Å². The summed E-state index contributed by atoms with van der Waals surface area (Å²) in [7, 11) is -4.51. The number of fused-ring (bicyclic) bond motifs is 1. The topological polar surface area (TPSA) is 107 Å². The van der Waals surface area contributed by atoms with Crippen molar-refractivity contribution in [3.8, 4) is 0 Å². The molecule has 0 aromatic heterocycles. The van der Waals surface area contributed by atoms with Gasteiger partial charge in [0.15, 0.2) is 0 Å². The smallest absolute Gasteiger partial charge is 0.416 e. The second kappa shape index (κ2) is 10.4. The number of alkyl halides is 3. The molecular weight excluding hydrogens is 511 g/mol. The van der Waals surface area contributed by atoms with E-state index in [1.54, 1.807) is 20.8 Å². The normalized spacial score (nSPS) is 24.6. The summed E-state index contributed by atoms with van der Waals surface area (Å²) in [6.07, 6.45) is -3.97. The highest BCUT2D eigenvalue weighted by atomic mass is 32.2. The monoisotopic (exact) mass is 547 g/mol. The Morgan fingerprint density at radius 3 is 2.41 bits per heavy atom. The molecule has 37 heavy (non-hydrogen) atoms. The van der Waals surface area contributed by atoms with Gasteiger partial charge in [-0.25, -0.2) is 17.5 Å². The molecule has 2 N–H and O–H groups in total. The van der Waals surface area contributed by atoms with Crippen LogP contribution in [0.3, 0.4) is 0 Å². The van der Waals surface area contributed by atoms with E-state index in [9.17, 15) is 36.3 Å².